The number of hydrogen-bond donors (Lipinski definition) is 3. The second-order valence-corrected chi connectivity index (χ2v) is 8.71. The van der Waals surface area contributed by atoms with Gasteiger partial charge in [0.1, 0.15) is 16.9 Å². The van der Waals surface area contributed by atoms with Gasteiger partial charge in [0, 0.05) is 30.4 Å². The van der Waals surface area contributed by atoms with E-state index in [9.17, 15) is 9.59 Å². The molecule has 0 radical (unpaired) electrons. The van der Waals surface area contributed by atoms with E-state index in [0.717, 1.165) is 39.1 Å². The second-order valence-electron chi connectivity index (χ2n) is 8.71. The van der Waals surface area contributed by atoms with Crippen LogP contribution in [0.4, 0.5) is 17.2 Å². The zero-order valence-corrected chi connectivity index (χ0v) is 19.5. The Hall–Kier alpha value is -4.92. The Kier molecular flexibility index (Phi) is 5.03. The van der Waals surface area contributed by atoms with Crippen LogP contribution in [0.15, 0.2) is 82.5 Å². The predicted octanol–water partition coefficient (Wildman–Crippen LogP) is 3.38. The zero-order valence-electron chi connectivity index (χ0n) is 19.5. The van der Waals surface area contributed by atoms with E-state index >= 15 is 0 Å². The number of aromatic nitrogens is 4. The molecule has 36 heavy (non-hydrogen) atoms. The molecular weight excluding hydrogens is 454 g/mol. The average molecular weight is 478 g/mol. The lowest BCUT2D eigenvalue weighted by Crippen LogP contribution is -2.36. The van der Waals surface area contributed by atoms with Crippen LogP contribution in [0.25, 0.3) is 22.4 Å². The molecule has 9 heteroatoms. The molecule has 0 aliphatic rings. The highest BCUT2D eigenvalue weighted by atomic mass is 16.2. The molecule has 0 fully saturated rings. The Morgan fingerprint density at radius 1 is 0.889 bits per heavy atom. The van der Waals surface area contributed by atoms with Gasteiger partial charge in [0.15, 0.2) is 5.82 Å². The quantitative estimate of drug-likeness (QED) is 0.302. The number of nitrogens with two attached hydrogens (primary N) is 1. The molecule has 0 amide bonds. The summed E-state index contributed by atoms with van der Waals surface area (Å²) in [5.74, 6) is 1.28. The maximum atomic E-state index is 11.8. The van der Waals surface area contributed by atoms with Gasteiger partial charge in [-0.1, -0.05) is 42.5 Å². The van der Waals surface area contributed by atoms with Gasteiger partial charge >= 0.3 is 0 Å². The summed E-state index contributed by atoms with van der Waals surface area (Å²) in [6.45, 7) is 3.00. The summed E-state index contributed by atoms with van der Waals surface area (Å²) in [5.41, 5.74) is 9.55. The third-order valence-electron chi connectivity index (χ3n) is 6.41. The van der Waals surface area contributed by atoms with Crippen LogP contribution >= 0.6 is 0 Å². The van der Waals surface area contributed by atoms with Gasteiger partial charge in [-0.15, -0.1) is 5.10 Å². The van der Waals surface area contributed by atoms with Crippen LogP contribution in [-0.2, 0) is 13.1 Å². The number of nitrogen functional groups attached to an aromatic ring is 1. The lowest BCUT2D eigenvalue weighted by atomic mass is 10.1. The Labute approximate surface area is 205 Å². The van der Waals surface area contributed by atoms with Crippen molar-refractivity contribution in [1.82, 2.24) is 19.2 Å². The van der Waals surface area contributed by atoms with Crippen LogP contribution in [-0.4, -0.2) is 19.2 Å². The zero-order chi connectivity index (χ0) is 24.8. The largest absolute Gasteiger partial charge is 0.394 e. The Bertz CT molecular complexity index is 1810. The predicted molar refractivity (Wildman–Crippen MR) is 141 cm³/mol. The van der Waals surface area contributed by atoms with E-state index in [1.165, 1.54) is 0 Å². The molecule has 3 heterocycles. The van der Waals surface area contributed by atoms with E-state index in [1.54, 1.807) is 0 Å². The van der Waals surface area contributed by atoms with Crippen molar-refractivity contribution in [2.75, 3.05) is 16.4 Å². The van der Waals surface area contributed by atoms with Crippen molar-refractivity contribution in [3.8, 4) is 5.95 Å². The monoisotopic (exact) mass is 477 g/mol. The van der Waals surface area contributed by atoms with Crippen LogP contribution in [0.3, 0.4) is 0 Å². The normalized spacial score (nSPS) is 11.5. The number of benzene rings is 2. The molecule has 3 aromatic carbocycles. The molecule has 0 spiro atoms. The van der Waals surface area contributed by atoms with Crippen molar-refractivity contribution in [2.45, 2.75) is 20.0 Å². The lowest BCUT2D eigenvalue weighted by Gasteiger charge is -2.13. The summed E-state index contributed by atoms with van der Waals surface area (Å²) < 4.78 is 3.83. The van der Waals surface area contributed by atoms with E-state index in [1.807, 2.05) is 70.7 Å². The van der Waals surface area contributed by atoms with Crippen molar-refractivity contribution in [2.24, 2.45) is 0 Å². The Balaban J connectivity index is 1.38. The number of aryl methyl sites for hydroxylation is 1. The number of hydrogen-bond acceptors (Lipinski definition) is 7. The first-order valence-electron chi connectivity index (χ1n) is 11.6. The molecule has 0 atom stereocenters. The van der Waals surface area contributed by atoms with Gasteiger partial charge in [-0.3, -0.25) is 14.2 Å². The SMILES string of the molecule is Cc1cc2c(CNc3c(N)c(=O)c3=O)cccc2n1-c1nc(NCc2ccccc2)c2cccn2n1. The number of nitrogens with one attached hydrogen (secondary N) is 2. The molecular formula is C27H23N7O2. The fourth-order valence-electron chi connectivity index (χ4n) is 4.54. The summed E-state index contributed by atoms with van der Waals surface area (Å²) in [4.78, 5) is 28.1. The van der Waals surface area contributed by atoms with Gasteiger partial charge in [-0.2, -0.15) is 4.98 Å². The van der Waals surface area contributed by atoms with Crippen molar-refractivity contribution >= 4 is 33.6 Å². The summed E-state index contributed by atoms with van der Waals surface area (Å²) in [5, 5.41) is 12.2. The number of fused-ring (bicyclic) bond motifs is 2. The van der Waals surface area contributed by atoms with Crippen LogP contribution in [0.1, 0.15) is 16.8 Å². The first-order valence-corrected chi connectivity index (χ1v) is 11.6. The van der Waals surface area contributed by atoms with Crippen molar-refractivity contribution in [3.63, 3.8) is 0 Å². The molecule has 0 saturated carbocycles. The first kappa shape index (κ1) is 21.6. The smallest absolute Gasteiger partial charge is 0.254 e. The minimum absolute atomic E-state index is 0.00937. The number of rotatable bonds is 7. The highest BCUT2D eigenvalue weighted by Gasteiger charge is 2.19. The van der Waals surface area contributed by atoms with Gasteiger partial charge in [0.05, 0.1) is 5.52 Å². The van der Waals surface area contributed by atoms with Crippen LogP contribution in [0.5, 0.6) is 0 Å². The molecule has 0 bridgehead atoms. The third-order valence-corrected chi connectivity index (χ3v) is 6.41. The molecule has 9 nitrogen and oxygen atoms in total. The van der Waals surface area contributed by atoms with Gasteiger partial charge in [0.25, 0.3) is 16.8 Å². The van der Waals surface area contributed by atoms with E-state index in [4.69, 9.17) is 15.8 Å². The molecule has 0 unspecified atom stereocenters. The van der Waals surface area contributed by atoms with Gasteiger partial charge in [0.2, 0.25) is 0 Å². The van der Waals surface area contributed by atoms with E-state index < -0.39 is 10.9 Å². The maximum absolute atomic E-state index is 11.8. The molecule has 6 aromatic rings. The fourth-order valence-corrected chi connectivity index (χ4v) is 4.54. The van der Waals surface area contributed by atoms with Crippen molar-refractivity contribution in [1.29, 1.82) is 0 Å². The molecule has 0 aliphatic carbocycles. The van der Waals surface area contributed by atoms with Crippen molar-refractivity contribution in [3.05, 3.63) is 110 Å². The van der Waals surface area contributed by atoms with Crippen LogP contribution < -0.4 is 27.2 Å². The summed E-state index contributed by atoms with van der Waals surface area (Å²) in [6.07, 6.45) is 1.90. The summed E-state index contributed by atoms with van der Waals surface area (Å²) in [7, 11) is 0. The first-order chi connectivity index (χ1) is 17.5. The fraction of sp³-hybridized carbons (Fsp3) is 0.111. The Morgan fingerprint density at radius 3 is 2.50 bits per heavy atom. The molecule has 0 saturated heterocycles. The minimum Gasteiger partial charge on any atom is -0.394 e. The van der Waals surface area contributed by atoms with Gasteiger partial charge < -0.3 is 16.4 Å². The molecule has 4 N–H and O–H groups in total. The van der Waals surface area contributed by atoms with E-state index in [-0.39, 0.29) is 11.4 Å². The highest BCUT2D eigenvalue weighted by Crippen LogP contribution is 2.27. The molecule has 178 valence electrons. The number of anilines is 3. The van der Waals surface area contributed by atoms with Crippen LogP contribution in [0, 0.1) is 6.92 Å². The molecule has 3 aromatic heterocycles. The molecule has 6 rings (SSSR count). The number of nitrogens with zero attached hydrogens (tertiary/aromatic N) is 4. The average Bonchev–Trinajstić information content (AvgIpc) is 3.51. The van der Waals surface area contributed by atoms with Gasteiger partial charge in [-0.05, 0) is 42.3 Å². The standard InChI is InChI=1S/C27H23N7O2/c1-16-13-19-18(15-29-23-22(28)24(35)25(23)36)9-5-10-20(19)34(16)27-31-26(21-11-6-12-33(21)32-27)30-14-17-7-3-2-4-8-17/h2-13,29H,14-15,28H2,1H3,(H,30,31,32). The van der Waals surface area contributed by atoms with Crippen LogP contribution in [0.2, 0.25) is 0 Å². The summed E-state index contributed by atoms with van der Waals surface area (Å²) in [6, 6.07) is 22.1. The Morgan fingerprint density at radius 2 is 1.69 bits per heavy atom. The van der Waals surface area contributed by atoms with E-state index in [0.29, 0.717) is 19.0 Å². The van der Waals surface area contributed by atoms with E-state index in [2.05, 4.69) is 28.8 Å². The topological polar surface area (TPSA) is 119 Å². The highest BCUT2D eigenvalue weighted by molar-refractivity contribution is 5.86. The third kappa shape index (κ3) is 3.49. The minimum atomic E-state index is -0.632. The van der Waals surface area contributed by atoms with Gasteiger partial charge in [-0.25, -0.2) is 4.52 Å². The molecule has 0 aliphatic heterocycles. The maximum Gasteiger partial charge on any atom is 0.254 e. The lowest BCUT2D eigenvalue weighted by molar-refractivity contribution is 0.823. The second kappa shape index (κ2) is 8.38. The summed E-state index contributed by atoms with van der Waals surface area (Å²) >= 11 is 0. The van der Waals surface area contributed by atoms with Crippen molar-refractivity contribution < 1.29 is 0 Å².